The lowest BCUT2D eigenvalue weighted by Crippen LogP contribution is -2.40. The van der Waals surface area contributed by atoms with Crippen LogP contribution in [-0.4, -0.2) is 28.0 Å². The smallest absolute Gasteiger partial charge is 0.326 e. The van der Waals surface area contributed by atoms with Crippen LogP contribution in [0.25, 0.3) is 10.9 Å². The van der Waals surface area contributed by atoms with Crippen LogP contribution in [-0.2, 0) is 16.0 Å². The van der Waals surface area contributed by atoms with E-state index in [2.05, 4.69) is 16.4 Å². The highest BCUT2D eigenvalue weighted by Gasteiger charge is 2.17. The van der Waals surface area contributed by atoms with Crippen molar-refractivity contribution < 1.29 is 14.7 Å². The molecule has 21 heavy (non-hydrogen) atoms. The van der Waals surface area contributed by atoms with Crippen LogP contribution >= 0.6 is 0 Å². The van der Waals surface area contributed by atoms with Crippen LogP contribution in [0.1, 0.15) is 31.7 Å². The zero-order valence-electron chi connectivity index (χ0n) is 12.1. The number of nitrogens with one attached hydrogen (secondary N) is 2. The number of amides is 1. The Hall–Kier alpha value is -2.30. The molecule has 1 unspecified atom stereocenters. The average molecular weight is 288 g/mol. The number of H-pyrrole nitrogens is 1. The quantitative estimate of drug-likeness (QED) is 0.732. The summed E-state index contributed by atoms with van der Waals surface area (Å²) in [6.45, 7) is 1.74. The van der Waals surface area contributed by atoms with Crippen molar-refractivity contribution in [3.8, 4) is 0 Å². The lowest BCUT2D eigenvalue weighted by molar-refractivity contribution is -0.141. The molecule has 0 fully saturated rings. The van der Waals surface area contributed by atoms with E-state index in [1.54, 1.807) is 6.92 Å². The number of aliphatic carboxylic acids is 1. The molecule has 3 N–H and O–H groups in total. The lowest BCUT2D eigenvalue weighted by Gasteiger charge is -2.11. The summed E-state index contributed by atoms with van der Waals surface area (Å²) < 4.78 is 0. The van der Waals surface area contributed by atoms with Crippen molar-refractivity contribution in [2.75, 3.05) is 0 Å². The number of aryl methyl sites for hydroxylation is 1. The highest BCUT2D eigenvalue weighted by Crippen LogP contribution is 2.19. The van der Waals surface area contributed by atoms with Gasteiger partial charge in [0.1, 0.15) is 6.04 Å². The fraction of sp³-hybridized carbons (Fsp3) is 0.375. The molecule has 1 heterocycles. The first kappa shape index (κ1) is 15.1. The minimum atomic E-state index is -0.984. The van der Waals surface area contributed by atoms with E-state index in [-0.39, 0.29) is 5.91 Å². The third kappa shape index (κ3) is 3.84. The molecule has 5 nitrogen and oxygen atoms in total. The normalized spacial score (nSPS) is 12.2. The largest absolute Gasteiger partial charge is 0.480 e. The van der Waals surface area contributed by atoms with Gasteiger partial charge in [0.05, 0.1) is 0 Å². The minimum absolute atomic E-state index is 0.205. The number of carbonyl (C=O) groups excluding carboxylic acids is 1. The third-order valence-electron chi connectivity index (χ3n) is 3.57. The van der Waals surface area contributed by atoms with Crippen molar-refractivity contribution in [2.45, 2.75) is 38.6 Å². The van der Waals surface area contributed by atoms with Crippen LogP contribution in [0.3, 0.4) is 0 Å². The maximum Gasteiger partial charge on any atom is 0.326 e. The van der Waals surface area contributed by atoms with E-state index in [1.165, 1.54) is 10.9 Å². The van der Waals surface area contributed by atoms with E-state index < -0.39 is 12.0 Å². The van der Waals surface area contributed by atoms with E-state index in [0.717, 1.165) is 11.9 Å². The van der Waals surface area contributed by atoms with Gasteiger partial charge in [-0.2, -0.15) is 0 Å². The standard InChI is InChI=1S/C16H20N2O3/c1-2-13(16(20)21)18-15(19)9-5-6-11-10-17-14-8-4-3-7-12(11)14/h3-4,7-8,10,13,17H,2,5-6,9H2,1H3,(H,18,19)(H,20,21). The number of para-hydroxylation sites is 1. The van der Waals surface area contributed by atoms with E-state index in [9.17, 15) is 9.59 Å². The molecule has 0 radical (unpaired) electrons. The van der Waals surface area contributed by atoms with Crippen molar-refractivity contribution >= 4 is 22.8 Å². The van der Waals surface area contributed by atoms with Gasteiger partial charge in [-0.15, -0.1) is 0 Å². The Morgan fingerprint density at radius 1 is 1.33 bits per heavy atom. The number of carboxylic acid groups (broad SMARTS) is 1. The van der Waals surface area contributed by atoms with Crippen LogP contribution in [0.15, 0.2) is 30.5 Å². The van der Waals surface area contributed by atoms with E-state index >= 15 is 0 Å². The van der Waals surface area contributed by atoms with Crippen LogP contribution in [0, 0.1) is 0 Å². The van der Waals surface area contributed by atoms with Crippen molar-refractivity contribution in [3.63, 3.8) is 0 Å². The predicted molar refractivity (Wildman–Crippen MR) is 81.1 cm³/mol. The summed E-state index contributed by atoms with van der Waals surface area (Å²) in [5.41, 5.74) is 2.28. The molecule has 0 bridgehead atoms. The Balaban J connectivity index is 1.84. The maximum atomic E-state index is 11.7. The average Bonchev–Trinajstić information content (AvgIpc) is 2.88. The van der Waals surface area contributed by atoms with Gasteiger partial charge in [-0.05, 0) is 30.9 Å². The molecular weight excluding hydrogens is 268 g/mol. The topological polar surface area (TPSA) is 82.2 Å². The lowest BCUT2D eigenvalue weighted by atomic mass is 10.1. The zero-order chi connectivity index (χ0) is 15.2. The summed E-state index contributed by atoms with van der Waals surface area (Å²) in [6.07, 6.45) is 4.19. The molecule has 2 rings (SSSR count). The number of fused-ring (bicyclic) bond motifs is 1. The molecule has 0 saturated heterocycles. The van der Waals surface area contributed by atoms with Gasteiger partial charge in [-0.1, -0.05) is 25.1 Å². The Bertz CT molecular complexity index is 633. The molecule has 0 saturated carbocycles. The van der Waals surface area contributed by atoms with Crippen molar-refractivity contribution in [3.05, 3.63) is 36.0 Å². The summed E-state index contributed by atoms with van der Waals surface area (Å²) in [6, 6.07) is 7.26. The van der Waals surface area contributed by atoms with Gasteiger partial charge in [0.15, 0.2) is 0 Å². The van der Waals surface area contributed by atoms with Crippen LogP contribution < -0.4 is 5.32 Å². The number of hydrogen-bond acceptors (Lipinski definition) is 2. The van der Waals surface area contributed by atoms with Crippen LogP contribution in [0.5, 0.6) is 0 Å². The summed E-state index contributed by atoms with van der Waals surface area (Å²) in [5, 5.41) is 12.6. The highest BCUT2D eigenvalue weighted by molar-refractivity contribution is 5.84. The number of carbonyl (C=O) groups is 2. The number of rotatable bonds is 7. The van der Waals surface area contributed by atoms with Crippen LogP contribution in [0.4, 0.5) is 0 Å². The first-order valence-electron chi connectivity index (χ1n) is 7.19. The molecule has 1 aromatic carbocycles. The molecule has 2 aromatic rings. The predicted octanol–water partition coefficient (Wildman–Crippen LogP) is 2.47. The zero-order valence-corrected chi connectivity index (χ0v) is 12.1. The molecule has 0 aliphatic heterocycles. The summed E-state index contributed by atoms with van der Waals surface area (Å²) >= 11 is 0. The molecule has 0 aliphatic carbocycles. The first-order valence-corrected chi connectivity index (χ1v) is 7.19. The summed E-state index contributed by atoms with van der Waals surface area (Å²) in [5.74, 6) is -1.19. The SMILES string of the molecule is CCC(NC(=O)CCCc1c[nH]c2ccccc12)C(=O)O. The number of aromatic amines is 1. The molecule has 0 aliphatic rings. The Morgan fingerprint density at radius 2 is 2.10 bits per heavy atom. The monoisotopic (exact) mass is 288 g/mol. The molecule has 112 valence electrons. The number of carboxylic acids is 1. The van der Waals surface area contributed by atoms with Gasteiger partial charge in [-0.25, -0.2) is 4.79 Å². The van der Waals surface area contributed by atoms with Crippen molar-refractivity contribution in [1.82, 2.24) is 10.3 Å². The second-order valence-corrected chi connectivity index (χ2v) is 5.08. The number of benzene rings is 1. The molecule has 5 heteroatoms. The van der Waals surface area contributed by atoms with E-state index in [0.29, 0.717) is 19.3 Å². The van der Waals surface area contributed by atoms with Gasteiger partial charge >= 0.3 is 5.97 Å². The Labute approximate surface area is 123 Å². The van der Waals surface area contributed by atoms with Gasteiger partial charge in [0.2, 0.25) is 5.91 Å². The second-order valence-electron chi connectivity index (χ2n) is 5.08. The molecule has 1 aromatic heterocycles. The fourth-order valence-electron chi connectivity index (χ4n) is 2.38. The second kappa shape index (κ2) is 6.92. The van der Waals surface area contributed by atoms with Gasteiger partial charge in [0.25, 0.3) is 0 Å². The highest BCUT2D eigenvalue weighted by atomic mass is 16.4. The van der Waals surface area contributed by atoms with Crippen molar-refractivity contribution in [1.29, 1.82) is 0 Å². The van der Waals surface area contributed by atoms with Gasteiger partial charge < -0.3 is 15.4 Å². The molecule has 1 atom stereocenters. The molecular formula is C16H20N2O3. The van der Waals surface area contributed by atoms with Crippen molar-refractivity contribution in [2.24, 2.45) is 0 Å². The number of hydrogen-bond donors (Lipinski definition) is 3. The Kier molecular flexibility index (Phi) is 4.98. The summed E-state index contributed by atoms with van der Waals surface area (Å²) in [4.78, 5) is 25.8. The molecule has 0 spiro atoms. The Morgan fingerprint density at radius 3 is 2.81 bits per heavy atom. The van der Waals surface area contributed by atoms with Gasteiger partial charge in [0, 0.05) is 23.5 Å². The fourth-order valence-corrected chi connectivity index (χ4v) is 2.38. The van der Waals surface area contributed by atoms with Crippen LogP contribution in [0.2, 0.25) is 0 Å². The minimum Gasteiger partial charge on any atom is -0.480 e. The first-order chi connectivity index (χ1) is 10.1. The van der Waals surface area contributed by atoms with E-state index in [1.807, 2.05) is 24.4 Å². The molecule has 1 amide bonds. The third-order valence-corrected chi connectivity index (χ3v) is 3.57. The maximum absolute atomic E-state index is 11.7. The summed E-state index contributed by atoms with van der Waals surface area (Å²) in [7, 11) is 0. The number of aromatic nitrogens is 1. The van der Waals surface area contributed by atoms with Gasteiger partial charge in [-0.3, -0.25) is 4.79 Å². The van der Waals surface area contributed by atoms with E-state index in [4.69, 9.17) is 5.11 Å².